The van der Waals surface area contributed by atoms with Gasteiger partial charge in [0, 0.05) is 29.2 Å². The van der Waals surface area contributed by atoms with Gasteiger partial charge in [-0.25, -0.2) is 13.2 Å². The fourth-order valence-corrected chi connectivity index (χ4v) is 11.3. The Morgan fingerprint density at radius 3 is 1.25 bits per heavy atom. The molecule has 0 radical (unpaired) electrons. The number of halogens is 9. The van der Waals surface area contributed by atoms with Crippen LogP contribution in [0.4, 0.5) is 22.0 Å². The van der Waals surface area contributed by atoms with Gasteiger partial charge in [0.2, 0.25) is 52.1 Å². The van der Waals surface area contributed by atoms with Crippen molar-refractivity contribution >= 4 is 68.3 Å². The van der Waals surface area contributed by atoms with Crippen LogP contribution in [0.3, 0.4) is 0 Å². The molecule has 0 saturated heterocycles. The van der Waals surface area contributed by atoms with Gasteiger partial charge in [-0.05, 0) is 105 Å². The molecule has 1 spiro atoms. The molecule has 9 heterocycles. The first-order chi connectivity index (χ1) is 53.6. The monoisotopic (exact) mass is 1590 g/mol. The van der Waals surface area contributed by atoms with Crippen LogP contribution in [0.5, 0.6) is 80.5 Å². The number of hydrogen-bond donors (Lipinski definition) is 0. The molecule has 0 N–H and O–H groups in total. The molecule has 1 aromatic heterocycles. The van der Waals surface area contributed by atoms with Gasteiger partial charge in [-0.15, -0.1) is 0 Å². The number of fused-ring (bicyclic) bond motifs is 10. The molecule has 28 heteroatoms. The molecule has 19 nitrogen and oxygen atoms in total. The van der Waals surface area contributed by atoms with Crippen LogP contribution in [-0.2, 0) is 20.8 Å². The lowest BCUT2D eigenvalue weighted by atomic mass is 9.94. The third-order valence-corrected chi connectivity index (χ3v) is 17.3. The summed E-state index contributed by atoms with van der Waals surface area (Å²) < 4.78 is 161. The zero-order chi connectivity index (χ0) is 77.2. The van der Waals surface area contributed by atoms with E-state index in [0.717, 1.165) is 81.6 Å². The van der Waals surface area contributed by atoms with Gasteiger partial charge in [0.05, 0.1) is 17.2 Å². The molecule has 110 heavy (non-hydrogen) atoms. The van der Waals surface area contributed by atoms with Gasteiger partial charge in [0.15, 0.2) is 57.6 Å². The second-order valence-corrected chi connectivity index (χ2v) is 24.4. The van der Waals surface area contributed by atoms with E-state index in [1.807, 2.05) is 141 Å². The number of rotatable bonds is 1. The molecular weight excluding hydrogens is 1530 g/mol. The summed E-state index contributed by atoms with van der Waals surface area (Å²) in [4.78, 5) is 0. The maximum atomic E-state index is 12.9. The Labute approximate surface area is 646 Å². The van der Waals surface area contributed by atoms with E-state index in [1.165, 1.54) is 99.1 Å². The third kappa shape index (κ3) is 20.5. The molecule has 0 atom stereocenters. The van der Waals surface area contributed by atoms with Crippen molar-refractivity contribution in [2.45, 2.75) is 58.3 Å². The van der Waals surface area contributed by atoms with Crippen LogP contribution in [0.15, 0.2) is 267 Å². The Morgan fingerprint density at radius 2 is 0.736 bits per heavy atom. The summed E-state index contributed by atoms with van der Waals surface area (Å²) in [6.07, 6.45) is 31.6. The van der Waals surface area contributed by atoms with Gasteiger partial charge in [-0.3, -0.25) is 0 Å². The first-order valence-corrected chi connectivity index (χ1v) is 34.6. The zero-order valence-corrected chi connectivity index (χ0v) is 61.2. The van der Waals surface area contributed by atoms with E-state index in [1.54, 1.807) is 56.8 Å². The van der Waals surface area contributed by atoms with Crippen molar-refractivity contribution in [3.05, 3.63) is 324 Å². The Hall–Kier alpha value is -12.4. The van der Waals surface area contributed by atoms with Crippen LogP contribution in [0.25, 0.3) is 21.9 Å². The van der Waals surface area contributed by atoms with E-state index >= 15 is 0 Å². The van der Waals surface area contributed by atoms with Crippen molar-refractivity contribution < 1.29 is 111 Å². The fraction of sp³-hybridized carbons (Fsp3) is 0.122. The largest absolute Gasteiger partial charge is 0.493 e. The third-order valence-electron chi connectivity index (χ3n) is 15.6. The fourth-order valence-electron chi connectivity index (χ4n) is 10.4. The second kappa shape index (κ2) is 39.0. The molecule has 8 aliphatic heterocycles. The molecular formula is C82H63Cl4F5O19. The highest BCUT2D eigenvalue weighted by Crippen LogP contribution is 2.52. The van der Waals surface area contributed by atoms with Crippen molar-refractivity contribution in [3.63, 3.8) is 0 Å². The zero-order valence-electron chi connectivity index (χ0n) is 58.1. The van der Waals surface area contributed by atoms with Crippen molar-refractivity contribution in [2.24, 2.45) is 0 Å². The molecule has 0 amide bonds. The molecule has 568 valence electrons. The van der Waals surface area contributed by atoms with E-state index < -0.39 is 40.6 Å². The summed E-state index contributed by atoms with van der Waals surface area (Å²) >= 11 is 23.4. The van der Waals surface area contributed by atoms with Crippen LogP contribution in [-0.4, -0.2) is 12.9 Å². The Bertz CT molecular complexity index is 4890. The minimum atomic E-state index is -1.93. The molecule has 9 aliphatic rings. The van der Waals surface area contributed by atoms with Gasteiger partial charge < -0.3 is 89.4 Å². The minimum absolute atomic E-state index is 0.148. The Balaban J connectivity index is 0.000000123. The highest BCUT2D eigenvalue weighted by Gasteiger charge is 2.37. The highest BCUT2D eigenvalue weighted by atomic mass is 35.5. The molecule has 1 fully saturated rings. The van der Waals surface area contributed by atoms with E-state index in [9.17, 15) is 22.0 Å². The quantitative estimate of drug-likeness (QED) is 0.0858. The molecule has 0 unspecified atom stereocenters. The summed E-state index contributed by atoms with van der Waals surface area (Å²) in [5, 5.41) is 2.75. The predicted molar refractivity (Wildman–Crippen MR) is 399 cm³/mol. The number of ether oxygens (including phenoxy) is 17. The van der Waals surface area contributed by atoms with Crippen LogP contribution in [0.1, 0.15) is 48.8 Å². The topological polar surface area (TPSA) is 183 Å². The number of para-hydroxylation sites is 5. The number of methoxy groups -OCH3 is 1. The van der Waals surface area contributed by atoms with E-state index in [-0.39, 0.29) is 43.1 Å². The smallest absolute Gasteiger partial charge is 0.249 e. The predicted octanol–water partition coefficient (Wildman–Crippen LogP) is 24.0. The maximum Gasteiger partial charge on any atom is 0.249 e. The average Bonchev–Trinajstić information content (AvgIpc) is 0.995. The lowest BCUT2D eigenvalue weighted by Gasteiger charge is -2.30. The summed E-state index contributed by atoms with van der Waals surface area (Å²) in [7, 11) is 1.59. The van der Waals surface area contributed by atoms with Gasteiger partial charge in [0.25, 0.3) is 0 Å². The van der Waals surface area contributed by atoms with Crippen molar-refractivity contribution in [2.75, 3.05) is 7.11 Å². The van der Waals surface area contributed by atoms with Crippen LogP contribution in [0.2, 0.25) is 20.1 Å². The summed E-state index contributed by atoms with van der Waals surface area (Å²) in [6, 6.07) is 45.3. The van der Waals surface area contributed by atoms with E-state index in [4.69, 9.17) is 126 Å². The molecule has 1 saturated carbocycles. The van der Waals surface area contributed by atoms with Gasteiger partial charge in [-0.1, -0.05) is 132 Å². The van der Waals surface area contributed by atoms with Crippen molar-refractivity contribution in [1.29, 1.82) is 0 Å². The Kier molecular flexibility index (Phi) is 27.9. The van der Waals surface area contributed by atoms with Crippen molar-refractivity contribution in [3.8, 4) is 80.5 Å². The molecule has 10 aromatic rings. The number of hydrogen-bond acceptors (Lipinski definition) is 19. The SMILES string of the molecule is C1=COC2(CCCCC2)O1.C1=COc2ccccc2CO1.COc1cccc2c1OC=CO2.Cc1ccc2c(c1)OC=CO2.Cc1ccc2c(c1)OC=CO2.Clc1c(Cl)c(Cl)c2c(c1Cl)OC=CO2.Fc1c(F)c(F)c2c(c1F)OC=CO2.Fc1cccc2c1OC=CO2.c1ccc2c(c1)occoc1ccccc12. The molecule has 19 rings (SSSR count). The maximum absolute atomic E-state index is 12.9. The second-order valence-electron chi connectivity index (χ2n) is 22.9. The molecule has 9 aromatic carbocycles. The van der Waals surface area contributed by atoms with E-state index in [2.05, 4.69) is 9.47 Å². The first kappa shape index (κ1) is 78.7. The van der Waals surface area contributed by atoms with Crippen LogP contribution < -0.4 is 66.3 Å². The van der Waals surface area contributed by atoms with Gasteiger partial charge in [0.1, 0.15) is 146 Å². The molecule has 0 bridgehead atoms. The van der Waals surface area contributed by atoms with Crippen LogP contribution in [0, 0.1) is 42.9 Å². The van der Waals surface area contributed by atoms with E-state index in [0.29, 0.717) is 29.6 Å². The number of benzene rings is 9. The summed E-state index contributed by atoms with van der Waals surface area (Å²) in [5.74, 6) is -2.28. The summed E-state index contributed by atoms with van der Waals surface area (Å²) in [6.45, 7) is 4.62. The van der Waals surface area contributed by atoms with Crippen LogP contribution >= 0.6 is 46.4 Å². The number of aryl methyl sites for hydroxylation is 2. The van der Waals surface area contributed by atoms with Gasteiger partial charge in [-0.2, -0.15) is 8.78 Å². The first-order valence-electron chi connectivity index (χ1n) is 33.1. The normalized spacial score (nSPS) is 14.2. The summed E-state index contributed by atoms with van der Waals surface area (Å²) in [5.41, 5.74) is 5.10. The lowest BCUT2D eigenvalue weighted by Crippen LogP contribution is -2.32. The highest BCUT2D eigenvalue weighted by molar-refractivity contribution is 6.53. The average molecular weight is 1590 g/mol. The Morgan fingerprint density at radius 1 is 0.336 bits per heavy atom. The minimum Gasteiger partial charge on any atom is -0.493 e. The standard InChI is InChI=1S/C14H10O2.C9H8O3.3C9H8O2.C8H2Cl4O2.C8H2F4O2.C8H5FO2.C8H12O2/c1-3-7-13-11(5-1)12-6-2-4-8-14(12)16-10-9-15-13;1-10-7-3-2-4-8-9(7)12-6-5-11-8;2*1-7-2-3-8-9(6-7)11-5-4-10-8;1-2-4-9-8(3-1)7-10-5-6-11-9;2*9-3-4(10)6(12)8-7(5(3)11)13-1-2-14-8;9-6-2-1-3-7-8(6)11-5-4-10-7;1-2-4-8(5-3-1)9-6-7-10-8/h1-10H;2-6H,1H3;2*2-6H,1H3;1-6H,7H2;2*1-2H;1-5H;6-7H,1-5H2. The van der Waals surface area contributed by atoms with Gasteiger partial charge >= 0.3 is 0 Å². The lowest BCUT2D eigenvalue weighted by molar-refractivity contribution is -0.162. The van der Waals surface area contributed by atoms with Crippen molar-refractivity contribution in [1.82, 2.24) is 0 Å². The molecule has 1 aliphatic carbocycles.